The smallest absolute Gasteiger partial charge is 0.416 e. The molecule has 3 nitrogen and oxygen atoms in total. The molecule has 0 aliphatic heterocycles. The average Bonchev–Trinajstić information content (AvgIpc) is 3.37. The van der Waals surface area contributed by atoms with Crippen LogP contribution in [-0.4, -0.2) is 13.5 Å². The van der Waals surface area contributed by atoms with Crippen molar-refractivity contribution in [3.63, 3.8) is 0 Å². The van der Waals surface area contributed by atoms with E-state index in [1.807, 2.05) is 0 Å². The predicted molar refractivity (Wildman–Crippen MR) is 97.4 cm³/mol. The molecule has 144 valence electrons. The first kappa shape index (κ1) is 19.8. The van der Waals surface area contributed by atoms with Gasteiger partial charge in [-0.2, -0.15) is 13.2 Å². The zero-order valence-corrected chi connectivity index (χ0v) is 15.6. The third-order valence-corrected chi connectivity index (χ3v) is 6.26. The van der Waals surface area contributed by atoms with Crippen LogP contribution >= 0.6 is 11.6 Å². The van der Waals surface area contributed by atoms with E-state index in [2.05, 4.69) is 6.58 Å². The fraction of sp³-hybridized carbons (Fsp3) is 0.263. The van der Waals surface area contributed by atoms with Crippen molar-refractivity contribution in [3.05, 3.63) is 70.3 Å². The van der Waals surface area contributed by atoms with Gasteiger partial charge in [0.05, 0.1) is 16.2 Å². The molecule has 1 saturated carbocycles. The third kappa shape index (κ3) is 4.47. The van der Waals surface area contributed by atoms with E-state index >= 15 is 0 Å². The number of alkyl halides is 3. The summed E-state index contributed by atoms with van der Waals surface area (Å²) in [7, 11) is -4.13. The second-order valence-electron chi connectivity index (χ2n) is 6.57. The van der Waals surface area contributed by atoms with E-state index in [0.29, 0.717) is 23.6 Å². The molecular weight excluding hydrogens is 401 g/mol. The SMILES string of the molecule is C=C(O)c1ccc(C2CC2)cc1CS(=O)(=O)c1cc(Cl)cc(C(F)(F)F)c1. The van der Waals surface area contributed by atoms with Crippen LogP contribution in [0.4, 0.5) is 13.2 Å². The molecule has 0 heterocycles. The lowest BCUT2D eigenvalue weighted by Gasteiger charge is -2.13. The molecule has 0 bridgehead atoms. The lowest BCUT2D eigenvalue weighted by Crippen LogP contribution is -2.11. The summed E-state index contributed by atoms with van der Waals surface area (Å²) in [6.45, 7) is 3.43. The van der Waals surface area contributed by atoms with Crippen LogP contribution in [-0.2, 0) is 21.8 Å². The first-order chi connectivity index (χ1) is 12.5. The molecule has 0 aromatic heterocycles. The molecule has 8 heteroatoms. The topological polar surface area (TPSA) is 54.4 Å². The largest absolute Gasteiger partial charge is 0.508 e. The summed E-state index contributed by atoms with van der Waals surface area (Å²) >= 11 is 5.70. The molecule has 0 saturated heterocycles. The molecule has 1 aliphatic rings. The van der Waals surface area contributed by atoms with Gasteiger partial charge in [0.1, 0.15) is 5.76 Å². The summed E-state index contributed by atoms with van der Waals surface area (Å²) in [6.07, 6.45) is -2.73. The van der Waals surface area contributed by atoms with E-state index in [4.69, 9.17) is 11.6 Å². The molecule has 1 N–H and O–H groups in total. The number of aliphatic hydroxyl groups is 1. The summed E-state index contributed by atoms with van der Waals surface area (Å²) < 4.78 is 64.5. The number of benzene rings is 2. The second kappa shape index (κ2) is 6.87. The molecule has 1 aliphatic carbocycles. The maximum atomic E-state index is 13.0. The quantitative estimate of drug-likeness (QED) is 0.632. The summed E-state index contributed by atoms with van der Waals surface area (Å²) in [4.78, 5) is -0.520. The van der Waals surface area contributed by atoms with Crippen molar-refractivity contribution in [1.82, 2.24) is 0 Å². The van der Waals surface area contributed by atoms with Gasteiger partial charge in [0.15, 0.2) is 9.84 Å². The average molecular weight is 417 g/mol. The van der Waals surface area contributed by atoms with Crippen LogP contribution in [0.5, 0.6) is 0 Å². The predicted octanol–water partition coefficient (Wildman–Crippen LogP) is 5.74. The fourth-order valence-corrected chi connectivity index (χ4v) is 4.61. The minimum Gasteiger partial charge on any atom is -0.508 e. The maximum Gasteiger partial charge on any atom is 0.416 e. The van der Waals surface area contributed by atoms with Crippen LogP contribution in [0, 0.1) is 0 Å². The van der Waals surface area contributed by atoms with Gasteiger partial charge >= 0.3 is 6.18 Å². The molecule has 2 aromatic rings. The van der Waals surface area contributed by atoms with Crippen molar-refractivity contribution < 1.29 is 26.7 Å². The highest BCUT2D eigenvalue weighted by atomic mass is 35.5. The molecule has 0 spiro atoms. The lowest BCUT2D eigenvalue weighted by atomic mass is 10.0. The highest BCUT2D eigenvalue weighted by molar-refractivity contribution is 7.90. The number of halogens is 4. The Balaban J connectivity index is 2.03. The Morgan fingerprint density at radius 2 is 1.85 bits per heavy atom. The fourth-order valence-electron chi connectivity index (χ4n) is 2.88. The van der Waals surface area contributed by atoms with Crippen LogP contribution < -0.4 is 0 Å². The van der Waals surface area contributed by atoms with Crippen molar-refractivity contribution >= 4 is 27.2 Å². The van der Waals surface area contributed by atoms with Crippen LogP contribution in [0.25, 0.3) is 5.76 Å². The van der Waals surface area contributed by atoms with Crippen molar-refractivity contribution in [3.8, 4) is 0 Å². The van der Waals surface area contributed by atoms with E-state index in [1.165, 1.54) is 0 Å². The zero-order valence-electron chi connectivity index (χ0n) is 14.1. The molecule has 3 rings (SSSR count). The standard InChI is InChI=1S/C19H16ClF3O3S/c1-11(24)18-5-4-13(12-2-3-12)6-14(18)10-27(25,26)17-8-15(19(21,22)23)7-16(20)9-17/h4-9,12,24H,1-3,10H2. The number of hydrogen-bond acceptors (Lipinski definition) is 3. The Hall–Kier alpha value is -1.99. The van der Waals surface area contributed by atoms with Crippen molar-refractivity contribution in [2.45, 2.75) is 35.6 Å². The molecule has 1 fully saturated rings. The normalized spacial score (nSPS) is 15.0. The van der Waals surface area contributed by atoms with Crippen molar-refractivity contribution in [2.24, 2.45) is 0 Å². The monoisotopic (exact) mass is 416 g/mol. The highest BCUT2D eigenvalue weighted by Crippen LogP contribution is 2.41. The van der Waals surface area contributed by atoms with Gasteiger partial charge in [0.25, 0.3) is 0 Å². The van der Waals surface area contributed by atoms with Gasteiger partial charge in [-0.05, 0) is 48.1 Å². The van der Waals surface area contributed by atoms with Gasteiger partial charge in [0, 0.05) is 10.6 Å². The molecule has 0 amide bonds. The van der Waals surface area contributed by atoms with Gasteiger partial charge in [-0.15, -0.1) is 0 Å². The Morgan fingerprint density at radius 1 is 1.19 bits per heavy atom. The molecule has 0 radical (unpaired) electrons. The lowest BCUT2D eigenvalue weighted by molar-refractivity contribution is -0.137. The number of sulfone groups is 1. The second-order valence-corrected chi connectivity index (χ2v) is 9.00. The molecule has 2 aromatic carbocycles. The van der Waals surface area contributed by atoms with Gasteiger partial charge in [-0.3, -0.25) is 0 Å². The Bertz CT molecular complexity index is 1010. The Kier molecular flexibility index (Phi) is 5.03. The van der Waals surface area contributed by atoms with Crippen LogP contribution in [0.15, 0.2) is 47.9 Å². The van der Waals surface area contributed by atoms with E-state index in [9.17, 15) is 26.7 Å². The molecule has 27 heavy (non-hydrogen) atoms. The van der Waals surface area contributed by atoms with Crippen LogP contribution in [0.3, 0.4) is 0 Å². The maximum absolute atomic E-state index is 13.0. The molecule has 0 atom stereocenters. The third-order valence-electron chi connectivity index (χ3n) is 4.39. The van der Waals surface area contributed by atoms with E-state index < -0.39 is 32.2 Å². The number of rotatable bonds is 5. The minimum absolute atomic E-state index is 0.251. The van der Waals surface area contributed by atoms with Crippen LogP contribution in [0.1, 0.15) is 41.0 Å². The Morgan fingerprint density at radius 3 is 2.41 bits per heavy atom. The summed E-state index contributed by atoms with van der Waals surface area (Å²) in [5.74, 6) is -0.528. The molecule has 0 unspecified atom stereocenters. The van der Waals surface area contributed by atoms with E-state index in [0.717, 1.165) is 24.5 Å². The van der Waals surface area contributed by atoms with Gasteiger partial charge < -0.3 is 5.11 Å². The van der Waals surface area contributed by atoms with E-state index in [-0.39, 0.29) is 16.3 Å². The van der Waals surface area contributed by atoms with Gasteiger partial charge in [-0.25, -0.2) is 8.42 Å². The first-order valence-corrected chi connectivity index (χ1v) is 10.1. The highest BCUT2D eigenvalue weighted by Gasteiger charge is 2.33. The number of hydrogen-bond donors (Lipinski definition) is 1. The molecular formula is C19H16ClF3O3S. The van der Waals surface area contributed by atoms with Gasteiger partial charge in [-0.1, -0.05) is 36.4 Å². The van der Waals surface area contributed by atoms with E-state index in [1.54, 1.807) is 18.2 Å². The van der Waals surface area contributed by atoms with Gasteiger partial charge in [0.2, 0.25) is 0 Å². The summed E-state index contributed by atoms with van der Waals surface area (Å²) in [5, 5.41) is 9.44. The number of aliphatic hydroxyl groups excluding tert-OH is 1. The first-order valence-electron chi connectivity index (χ1n) is 8.09. The zero-order chi connectivity index (χ0) is 20.0. The summed E-state index contributed by atoms with van der Waals surface area (Å²) in [5.41, 5.74) is 0.348. The minimum atomic E-state index is -4.72. The summed E-state index contributed by atoms with van der Waals surface area (Å²) in [6, 6.07) is 7.28. The Labute approximate surface area is 160 Å². The van der Waals surface area contributed by atoms with Crippen molar-refractivity contribution in [1.29, 1.82) is 0 Å². The van der Waals surface area contributed by atoms with Crippen molar-refractivity contribution in [2.75, 3.05) is 0 Å². The van der Waals surface area contributed by atoms with Crippen LogP contribution in [0.2, 0.25) is 5.02 Å².